The minimum atomic E-state index is -1.52. The van der Waals surface area contributed by atoms with Crippen LogP contribution in [-0.4, -0.2) is 8.07 Å². The van der Waals surface area contributed by atoms with Crippen LogP contribution in [0.5, 0.6) is 0 Å². The summed E-state index contributed by atoms with van der Waals surface area (Å²) >= 11 is -0.826. The molecule has 4 heteroatoms. The van der Waals surface area contributed by atoms with Gasteiger partial charge in [-0.1, -0.05) is 99.8 Å². The first-order valence-electron chi connectivity index (χ1n) is 12.9. The summed E-state index contributed by atoms with van der Waals surface area (Å²) in [6.07, 6.45) is 12.9. The zero-order valence-corrected chi connectivity index (χ0v) is 27.7. The van der Waals surface area contributed by atoms with Crippen molar-refractivity contribution in [1.29, 1.82) is 0 Å². The molecule has 2 fully saturated rings. The van der Waals surface area contributed by atoms with Crippen LogP contribution in [0.2, 0.25) is 24.2 Å². The van der Waals surface area contributed by atoms with E-state index in [1.165, 1.54) is 24.0 Å². The van der Waals surface area contributed by atoms with Crippen molar-refractivity contribution < 1.29 is 20.8 Å². The Morgan fingerprint density at radius 1 is 0.694 bits per heavy atom. The number of hydrogen-bond donors (Lipinski definition) is 0. The summed E-state index contributed by atoms with van der Waals surface area (Å²) in [5, 5.41) is 0. The van der Waals surface area contributed by atoms with Crippen molar-refractivity contribution in [2.24, 2.45) is 23.7 Å². The van der Waals surface area contributed by atoms with Crippen molar-refractivity contribution in [3.8, 4) is 0 Å². The number of halogens is 2. The standard InChI is InChI=1S/C30H36Si.2CH3.2ClH.Zr/c1-19-17-27-23-11-7-5-9-21(23)13-15-25(27)29(19)31(3,4)30-20(2)18-28-24-12-8-6-10-22(24)14-16-26(28)30;;;;;/h5-16,19-20,25-30H,17-18H2,1-4H3;2*1H3;2*1H;/q;2*-1;;;+4/p-2. The van der Waals surface area contributed by atoms with E-state index in [1.807, 2.05) is 0 Å². The Morgan fingerprint density at radius 2 is 1.06 bits per heavy atom. The number of benzene rings is 2. The van der Waals surface area contributed by atoms with Gasteiger partial charge in [0.1, 0.15) is 0 Å². The molecule has 0 radical (unpaired) electrons. The Balaban J connectivity index is 0.000000690. The van der Waals surface area contributed by atoms with Gasteiger partial charge in [-0.25, -0.2) is 0 Å². The molecule has 0 saturated heterocycles. The van der Waals surface area contributed by atoms with Gasteiger partial charge in [0.2, 0.25) is 0 Å². The molecule has 0 spiro atoms. The van der Waals surface area contributed by atoms with Gasteiger partial charge < -0.3 is 14.9 Å². The van der Waals surface area contributed by atoms with Crippen molar-refractivity contribution >= 4 is 37.3 Å². The van der Waals surface area contributed by atoms with Crippen LogP contribution in [0.4, 0.5) is 0 Å². The summed E-state index contributed by atoms with van der Waals surface area (Å²) in [5.74, 6) is 4.64. The van der Waals surface area contributed by atoms with Crippen molar-refractivity contribution in [3.63, 3.8) is 0 Å². The van der Waals surface area contributed by atoms with E-state index in [9.17, 15) is 0 Å². The van der Waals surface area contributed by atoms with Gasteiger partial charge in [-0.15, -0.1) is 0 Å². The van der Waals surface area contributed by atoms with Crippen molar-refractivity contribution in [2.45, 2.75) is 62.7 Å². The molecule has 2 aromatic rings. The number of hydrogen-bond acceptors (Lipinski definition) is 0. The zero-order valence-electron chi connectivity index (χ0n) is 22.7. The first-order chi connectivity index (χ1) is 16.4. The summed E-state index contributed by atoms with van der Waals surface area (Å²) in [5.41, 5.74) is 7.96. The fourth-order valence-corrected chi connectivity index (χ4v) is 15.3. The molecule has 8 atom stereocenters. The summed E-state index contributed by atoms with van der Waals surface area (Å²) in [7, 11) is 8.34. The molecule has 4 aliphatic carbocycles. The van der Waals surface area contributed by atoms with Gasteiger partial charge in [0.05, 0.1) is 8.07 Å². The molecule has 2 saturated carbocycles. The van der Waals surface area contributed by atoms with Crippen molar-refractivity contribution in [1.82, 2.24) is 0 Å². The molecule has 8 unspecified atom stereocenters. The zero-order chi connectivity index (χ0) is 24.0. The van der Waals surface area contributed by atoms with Crippen LogP contribution in [0.25, 0.3) is 12.2 Å². The predicted octanol–water partition coefficient (Wildman–Crippen LogP) is 10.6. The maximum absolute atomic E-state index is 4.93. The summed E-state index contributed by atoms with van der Waals surface area (Å²) in [4.78, 5) is 0. The molecule has 0 N–H and O–H groups in total. The van der Waals surface area contributed by atoms with Crippen LogP contribution in [0.15, 0.2) is 60.7 Å². The Morgan fingerprint density at radius 3 is 1.44 bits per heavy atom. The van der Waals surface area contributed by atoms with Crippen LogP contribution in [0.1, 0.15) is 60.8 Å². The van der Waals surface area contributed by atoms with E-state index in [2.05, 4.69) is 99.8 Å². The van der Waals surface area contributed by atoms with Gasteiger partial charge in [0.25, 0.3) is 0 Å². The fraction of sp³-hybridized carbons (Fsp3) is 0.438. The van der Waals surface area contributed by atoms with Gasteiger partial charge in [-0.3, -0.25) is 0 Å². The summed E-state index contributed by atoms with van der Waals surface area (Å²) in [6.45, 7) is 10.7. The Labute approximate surface area is 240 Å². The monoisotopic (exact) mass is 614 g/mol. The number of fused-ring (bicyclic) bond motifs is 6. The normalized spacial score (nSPS) is 32.8. The average Bonchev–Trinajstić information content (AvgIpc) is 3.36. The number of rotatable bonds is 2. The molecular formula is C32H42Cl2SiZr. The molecule has 0 heterocycles. The van der Waals surface area contributed by atoms with Gasteiger partial charge in [0, 0.05) is 0 Å². The van der Waals surface area contributed by atoms with E-state index in [4.69, 9.17) is 17.0 Å². The molecular weight excluding hydrogens is 575 g/mol. The van der Waals surface area contributed by atoms with Crippen LogP contribution < -0.4 is 0 Å². The topological polar surface area (TPSA) is 0 Å². The second kappa shape index (κ2) is 12.2. The first kappa shape index (κ1) is 30.1. The maximum atomic E-state index is 4.93. The second-order valence-corrected chi connectivity index (χ2v) is 20.4. The van der Waals surface area contributed by atoms with Gasteiger partial charge in [-0.2, -0.15) is 0 Å². The van der Waals surface area contributed by atoms with Gasteiger partial charge in [0.15, 0.2) is 0 Å². The first-order valence-corrected chi connectivity index (χ1v) is 22.4. The average molecular weight is 617 g/mol. The third kappa shape index (κ3) is 5.11. The van der Waals surface area contributed by atoms with Crippen molar-refractivity contribution in [3.05, 3.63) is 97.8 Å². The molecule has 192 valence electrons. The van der Waals surface area contributed by atoms with Crippen LogP contribution in [-0.2, 0) is 20.8 Å². The van der Waals surface area contributed by atoms with E-state index in [0.29, 0.717) is 0 Å². The predicted molar refractivity (Wildman–Crippen MR) is 160 cm³/mol. The van der Waals surface area contributed by atoms with Gasteiger partial charge >= 0.3 is 37.9 Å². The molecule has 2 aromatic carbocycles. The molecule has 0 amide bonds. The van der Waals surface area contributed by atoms with Gasteiger partial charge in [-0.05, 0) is 81.7 Å². The minimum absolute atomic E-state index is 0. The van der Waals surface area contributed by atoms with E-state index in [0.717, 1.165) is 46.6 Å². The Kier molecular flexibility index (Phi) is 10.2. The molecule has 36 heavy (non-hydrogen) atoms. The Hall–Kier alpha value is -0.400. The van der Waals surface area contributed by atoms with Crippen LogP contribution in [0.3, 0.4) is 0 Å². The molecule has 0 aliphatic heterocycles. The molecule has 0 bridgehead atoms. The SMILES string of the molecule is CC1CC2c3ccccc3C=CC2C1[Si](C)(C)C1C(C)CC2c3ccccc3C=CC21.[CH3-].[CH3-].[Cl][Zr+2][Cl]. The number of allylic oxidation sites excluding steroid dienone is 2. The summed E-state index contributed by atoms with van der Waals surface area (Å²) in [6, 6.07) is 18.4. The van der Waals surface area contributed by atoms with E-state index >= 15 is 0 Å². The van der Waals surface area contributed by atoms with E-state index in [1.54, 1.807) is 11.1 Å². The molecule has 4 aliphatic rings. The fourth-order valence-electron chi connectivity index (χ4n) is 8.96. The van der Waals surface area contributed by atoms with Crippen molar-refractivity contribution in [2.75, 3.05) is 0 Å². The van der Waals surface area contributed by atoms with E-state index < -0.39 is 28.9 Å². The third-order valence-electron chi connectivity index (χ3n) is 9.74. The summed E-state index contributed by atoms with van der Waals surface area (Å²) < 4.78 is 0. The van der Waals surface area contributed by atoms with E-state index in [-0.39, 0.29) is 14.9 Å². The Bertz CT molecular complexity index is 1010. The van der Waals surface area contributed by atoms with Crippen LogP contribution >= 0.6 is 17.0 Å². The molecule has 0 aromatic heterocycles. The molecule has 6 rings (SSSR count). The third-order valence-corrected chi connectivity index (χ3v) is 15.1. The quantitative estimate of drug-likeness (QED) is 0.233. The molecule has 0 nitrogen and oxygen atoms in total. The second-order valence-electron chi connectivity index (χ2n) is 11.7. The van der Waals surface area contributed by atoms with Crippen LogP contribution in [0, 0.1) is 38.5 Å².